The van der Waals surface area contributed by atoms with Gasteiger partial charge in [0.25, 0.3) is 0 Å². The fourth-order valence-electron chi connectivity index (χ4n) is 6.99. The topological polar surface area (TPSA) is 43.2 Å². The first kappa shape index (κ1) is 15.9. The first-order chi connectivity index (χ1) is 12.8. The van der Waals surface area contributed by atoms with Crippen LogP contribution in [0.15, 0.2) is 0 Å². The summed E-state index contributed by atoms with van der Waals surface area (Å²) in [5, 5.41) is 9.36. The molecule has 26 heavy (non-hydrogen) atoms. The smallest absolute Gasteiger partial charge is 0.317 e. The molecule has 6 fully saturated rings. The predicted octanol–water partition coefficient (Wildman–Crippen LogP) is 3.56. The van der Waals surface area contributed by atoms with Gasteiger partial charge in [0, 0.05) is 18.0 Å². The Balaban J connectivity index is 1.22. The Kier molecular flexibility index (Phi) is 3.64. The predicted molar refractivity (Wildman–Crippen MR) is 99.3 cm³/mol. The summed E-state index contributed by atoms with van der Waals surface area (Å²) < 4.78 is 8.66. The van der Waals surface area contributed by atoms with Crippen LogP contribution in [0.2, 0.25) is 0 Å². The molecule has 0 aromatic carbocycles. The van der Waals surface area contributed by atoms with Gasteiger partial charge in [-0.05, 0) is 88.6 Å². The van der Waals surface area contributed by atoms with Gasteiger partial charge in [-0.25, -0.2) is 0 Å². The maximum absolute atomic E-state index is 6.21. The molecule has 2 unspecified atom stereocenters. The van der Waals surface area contributed by atoms with E-state index in [1.54, 1.807) is 0 Å². The maximum Gasteiger partial charge on any atom is 0.317 e. The lowest BCUT2D eigenvalue weighted by atomic mass is 9.75. The minimum atomic E-state index is 0.345. The van der Waals surface area contributed by atoms with Crippen molar-refractivity contribution in [3.05, 3.63) is 5.82 Å². The fourth-order valence-corrected chi connectivity index (χ4v) is 6.99. The van der Waals surface area contributed by atoms with Crippen molar-refractivity contribution in [1.29, 1.82) is 0 Å². The van der Waals surface area contributed by atoms with Gasteiger partial charge < -0.3 is 4.74 Å². The molecule has 1 saturated heterocycles. The Bertz CT molecular complexity index is 662. The normalized spacial score (nSPS) is 39.0. The van der Waals surface area contributed by atoms with Crippen molar-refractivity contribution in [2.24, 2.45) is 17.8 Å². The minimum absolute atomic E-state index is 0.345. The lowest BCUT2D eigenvalue weighted by molar-refractivity contribution is 0.172. The third-order valence-electron chi connectivity index (χ3n) is 8.10. The van der Waals surface area contributed by atoms with Crippen LogP contribution >= 0.6 is 0 Å². The quantitative estimate of drug-likeness (QED) is 0.782. The Labute approximate surface area is 156 Å². The van der Waals surface area contributed by atoms with Gasteiger partial charge in [0.1, 0.15) is 12.4 Å². The van der Waals surface area contributed by atoms with Gasteiger partial charge >= 0.3 is 6.01 Å². The largest absolute Gasteiger partial charge is 0.462 e. The van der Waals surface area contributed by atoms with E-state index in [0.717, 1.165) is 36.9 Å². The Morgan fingerprint density at radius 3 is 2.46 bits per heavy atom. The number of nitrogens with zero attached hydrogens (tertiary/aromatic N) is 4. The number of hydrogen-bond donors (Lipinski definition) is 0. The Morgan fingerprint density at radius 1 is 0.962 bits per heavy atom. The van der Waals surface area contributed by atoms with Crippen molar-refractivity contribution in [2.45, 2.75) is 75.7 Å². The lowest BCUT2D eigenvalue weighted by Crippen LogP contribution is -2.33. The lowest BCUT2D eigenvalue weighted by Gasteiger charge is -2.32. The zero-order valence-electron chi connectivity index (χ0n) is 15.9. The number of likely N-dealkylation sites (tertiary alicyclic amines) is 1. The second-order valence-corrected chi connectivity index (χ2v) is 9.86. The first-order valence-electron chi connectivity index (χ1n) is 11.1. The summed E-state index contributed by atoms with van der Waals surface area (Å²) in [5.74, 6) is 4.09. The summed E-state index contributed by atoms with van der Waals surface area (Å²) >= 11 is 0. The monoisotopic (exact) mass is 356 g/mol. The molecule has 6 aliphatic rings. The summed E-state index contributed by atoms with van der Waals surface area (Å²) in [6, 6.07) is 1.43. The molecule has 5 aliphatic carbocycles. The first-order valence-corrected chi connectivity index (χ1v) is 11.1. The van der Waals surface area contributed by atoms with Crippen LogP contribution in [0.5, 0.6) is 6.01 Å². The Morgan fingerprint density at radius 2 is 1.73 bits per heavy atom. The highest BCUT2D eigenvalue weighted by molar-refractivity contribution is 5.26. The highest BCUT2D eigenvalue weighted by Gasteiger charge is 2.61. The summed E-state index contributed by atoms with van der Waals surface area (Å²) in [5.41, 5.74) is 0.345. The van der Waals surface area contributed by atoms with Gasteiger partial charge in [0.2, 0.25) is 0 Å². The molecule has 1 aliphatic heterocycles. The number of hydrogen-bond acceptors (Lipinski definition) is 4. The van der Waals surface area contributed by atoms with Gasteiger partial charge in [0.05, 0.1) is 0 Å². The molecule has 2 heterocycles. The van der Waals surface area contributed by atoms with Crippen LogP contribution in [0.25, 0.3) is 0 Å². The van der Waals surface area contributed by atoms with Crippen LogP contribution in [-0.2, 0) is 5.41 Å². The summed E-state index contributed by atoms with van der Waals surface area (Å²) in [7, 11) is 0. The molecular formula is C21H32N4O. The summed E-state index contributed by atoms with van der Waals surface area (Å²) in [6.07, 6.45) is 13.7. The van der Waals surface area contributed by atoms with Crippen molar-refractivity contribution in [3.8, 4) is 6.01 Å². The van der Waals surface area contributed by atoms with E-state index >= 15 is 0 Å². The molecule has 0 radical (unpaired) electrons. The molecule has 0 N–H and O–H groups in total. The molecule has 0 spiro atoms. The molecule has 0 amide bonds. The van der Waals surface area contributed by atoms with Gasteiger partial charge in [0.15, 0.2) is 0 Å². The van der Waals surface area contributed by atoms with Crippen molar-refractivity contribution in [1.82, 2.24) is 19.7 Å². The number of aromatic nitrogens is 3. The molecule has 1 aromatic heterocycles. The van der Waals surface area contributed by atoms with Crippen LogP contribution in [-0.4, -0.2) is 45.9 Å². The Hall–Kier alpha value is -1.10. The summed E-state index contributed by atoms with van der Waals surface area (Å²) in [4.78, 5) is 2.54. The van der Waals surface area contributed by atoms with E-state index < -0.39 is 0 Å². The third kappa shape index (κ3) is 2.45. The van der Waals surface area contributed by atoms with Crippen LogP contribution in [0, 0.1) is 17.8 Å². The second-order valence-electron chi connectivity index (χ2n) is 9.86. The standard InChI is InChI=1S/C21H32N4O/c1-2-6-24(7-3-1)8-9-26-20-23-22-19(25(20)18-4-5-18)21-13-15-10-16(14-21)12-17(21)11-15/h15-18H,1-14H2. The molecule has 2 atom stereocenters. The van der Waals surface area contributed by atoms with Crippen molar-refractivity contribution in [3.63, 3.8) is 0 Å². The molecule has 5 saturated carbocycles. The van der Waals surface area contributed by atoms with E-state index in [9.17, 15) is 0 Å². The summed E-state index contributed by atoms with van der Waals surface area (Å²) in [6.45, 7) is 4.26. The molecule has 5 heteroatoms. The zero-order chi connectivity index (χ0) is 17.1. The highest BCUT2D eigenvalue weighted by Crippen LogP contribution is 2.66. The van der Waals surface area contributed by atoms with Crippen molar-refractivity contribution < 1.29 is 4.74 Å². The molecule has 142 valence electrons. The van der Waals surface area contributed by atoms with E-state index in [1.807, 2.05) is 0 Å². The van der Waals surface area contributed by atoms with Crippen LogP contribution in [0.1, 0.15) is 76.1 Å². The maximum atomic E-state index is 6.21. The van der Waals surface area contributed by atoms with Crippen LogP contribution in [0.4, 0.5) is 0 Å². The van der Waals surface area contributed by atoms with E-state index in [0.29, 0.717) is 11.5 Å². The average Bonchev–Trinajstić information content (AvgIpc) is 3.29. The number of rotatable bonds is 6. The van der Waals surface area contributed by atoms with E-state index in [1.165, 1.54) is 83.1 Å². The molecule has 4 bridgehead atoms. The molecular weight excluding hydrogens is 324 g/mol. The van der Waals surface area contributed by atoms with Gasteiger partial charge in [-0.15, -0.1) is 5.10 Å². The average molecular weight is 357 g/mol. The van der Waals surface area contributed by atoms with Gasteiger partial charge in [-0.2, -0.15) is 0 Å². The van der Waals surface area contributed by atoms with Crippen molar-refractivity contribution >= 4 is 0 Å². The highest BCUT2D eigenvalue weighted by atomic mass is 16.5. The molecule has 1 aromatic rings. The number of piperidine rings is 1. The zero-order valence-corrected chi connectivity index (χ0v) is 15.9. The van der Waals surface area contributed by atoms with Crippen LogP contribution in [0.3, 0.4) is 0 Å². The van der Waals surface area contributed by atoms with E-state index in [-0.39, 0.29) is 0 Å². The van der Waals surface area contributed by atoms with Gasteiger partial charge in [-0.1, -0.05) is 11.5 Å². The van der Waals surface area contributed by atoms with E-state index in [4.69, 9.17) is 9.84 Å². The molecule has 5 nitrogen and oxygen atoms in total. The van der Waals surface area contributed by atoms with E-state index in [2.05, 4.69) is 14.6 Å². The SMILES string of the molecule is C1CCN(CCOc2nnc(C34CC5CC(CC3C5)C4)n2C2CC2)CC1. The van der Waals surface area contributed by atoms with Crippen LogP contribution < -0.4 is 4.74 Å². The molecule has 7 rings (SSSR count). The minimum Gasteiger partial charge on any atom is -0.462 e. The van der Waals surface area contributed by atoms with Gasteiger partial charge in [-0.3, -0.25) is 9.47 Å². The third-order valence-corrected chi connectivity index (χ3v) is 8.10. The number of ether oxygens (including phenoxy) is 1. The second kappa shape index (κ2) is 5.95. The van der Waals surface area contributed by atoms with Crippen molar-refractivity contribution in [2.75, 3.05) is 26.2 Å². The fraction of sp³-hybridized carbons (Fsp3) is 0.905.